The maximum Gasteiger partial charge on any atom is 0.193 e. The van der Waals surface area contributed by atoms with Gasteiger partial charge in [-0.2, -0.15) is 0 Å². The van der Waals surface area contributed by atoms with Crippen LogP contribution in [-0.4, -0.2) is 58.2 Å². The first kappa shape index (κ1) is 20.3. The molecule has 1 atom stereocenters. The van der Waals surface area contributed by atoms with Gasteiger partial charge in [-0.3, -0.25) is 9.39 Å². The zero-order chi connectivity index (χ0) is 20.6. The van der Waals surface area contributed by atoms with Crippen LogP contribution in [0.15, 0.2) is 59.7 Å². The van der Waals surface area contributed by atoms with E-state index in [0.717, 1.165) is 56.5 Å². The summed E-state index contributed by atoms with van der Waals surface area (Å²) in [6.07, 6.45) is 3.89. The average molecular weight is 407 g/mol. The van der Waals surface area contributed by atoms with E-state index in [4.69, 9.17) is 9.73 Å². The maximum atomic E-state index is 5.96. The standard InChI is InChI=1S/C23H30N6O/c1-2-24-23(25-13-11-22-27-26-21-10-6-7-14-29(21)22)28-15-12-20(16-28)18-30-17-19-8-4-3-5-9-19/h3-10,14,20H,2,11-13,15-18H2,1H3,(H,24,25). The maximum absolute atomic E-state index is 5.96. The second-order valence-electron chi connectivity index (χ2n) is 7.63. The minimum Gasteiger partial charge on any atom is -0.376 e. The van der Waals surface area contributed by atoms with E-state index in [9.17, 15) is 0 Å². The largest absolute Gasteiger partial charge is 0.376 e. The number of pyridine rings is 1. The first-order valence-electron chi connectivity index (χ1n) is 10.8. The highest BCUT2D eigenvalue weighted by molar-refractivity contribution is 5.80. The molecule has 1 aromatic carbocycles. The van der Waals surface area contributed by atoms with Crippen LogP contribution in [0.2, 0.25) is 0 Å². The van der Waals surface area contributed by atoms with Crippen molar-refractivity contribution in [1.29, 1.82) is 0 Å². The van der Waals surface area contributed by atoms with Crippen LogP contribution in [0.5, 0.6) is 0 Å². The molecule has 1 aliphatic heterocycles. The molecule has 3 aromatic rings. The number of benzene rings is 1. The molecule has 1 unspecified atom stereocenters. The summed E-state index contributed by atoms with van der Waals surface area (Å²) in [5.74, 6) is 2.47. The van der Waals surface area contributed by atoms with Crippen molar-refractivity contribution >= 4 is 11.6 Å². The van der Waals surface area contributed by atoms with Crippen LogP contribution in [-0.2, 0) is 17.8 Å². The van der Waals surface area contributed by atoms with Crippen molar-refractivity contribution in [3.05, 3.63) is 66.1 Å². The molecular weight excluding hydrogens is 376 g/mol. The molecule has 1 fully saturated rings. The molecule has 0 aliphatic carbocycles. The van der Waals surface area contributed by atoms with Crippen LogP contribution in [0.4, 0.5) is 0 Å². The van der Waals surface area contributed by atoms with E-state index in [1.54, 1.807) is 0 Å². The van der Waals surface area contributed by atoms with E-state index >= 15 is 0 Å². The van der Waals surface area contributed by atoms with Crippen molar-refractivity contribution in [1.82, 2.24) is 24.8 Å². The van der Waals surface area contributed by atoms with Gasteiger partial charge in [-0.25, -0.2) is 0 Å². The van der Waals surface area contributed by atoms with Gasteiger partial charge in [0.25, 0.3) is 0 Å². The van der Waals surface area contributed by atoms with Crippen LogP contribution >= 0.6 is 0 Å². The molecule has 1 N–H and O–H groups in total. The van der Waals surface area contributed by atoms with E-state index in [2.05, 4.69) is 51.6 Å². The highest BCUT2D eigenvalue weighted by Gasteiger charge is 2.25. The first-order chi connectivity index (χ1) is 14.8. The second kappa shape index (κ2) is 10.2. The Labute approximate surface area is 177 Å². The number of aromatic nitrogens is 3. The lowest BCUT2D eigenvalue weighted by atomic mass is 10.1. The number of guanidine groups is 1. The van der Waals surface area contributed by atoms with Gasteiger partial charge in [-0.05, 0) is 31.0 Å². The van der Waals surface area contributed by atoms with Gasteiger partial charge in [0.2, 0.25) is 0 Å². The number of rotatable bonds is 8. The number of fused-ring (bicyclic) bond motifs is 1. The molecule has 1 saturated heterocycles. The Hall–Kier alpha value is -2.93. The third kappa shape index (κ3) is 5.16. The Kier molecular flexibility index (Phi) is 6.92. The fourth-order valence-electron chi connectivity index (χ4n) is 3.83. The van der Waals surface area contributed by atoms with Crippen LogP contribution in [0.1, 0.15) is 24.7 Å². The van der Waals surface area contributed by atoms with Crippen molar-refractivity contribution < 1.29 is 4.74 Å². The molecule has 0 amide bonds. The zero-order valence-electron chi connectivity index (χ0n) is 17.6. The predicted molar refractivity (Wildman–Crippen MR) is 118 cm³/mol. The van der Waals surface area contributed by atoms with E-state index < -0.39 is 0 Å². The van der Waals surface area contributed by atoms with Crippen LogP contribution in [0, 0.1) is 5.92 Å². The molecule has 3 heterocycles. The molecule has 4 rings (SSSR count). The van der Waals surface area contributed by atoms with Gasteiger partial charge in [0.15, 0.2) is 11.6 Å². The third-order valence-corrected chi connectivity index (χ3v) is 5.37. The molecule has 0 spiro atoms. The average Bonchev–Trinajstić information content (AvgIpc) is 3.41. The van der Waals surface area contributed by atoms with Crippen LogP contribution < -0.4 is 5.32 Å². The minimum atomic E-state index is 0.540. The van der Waals surface area contributed by atoms with Gasteiger partial charge in [0.05, 0.1) is 13.2 Å². The molecule has 2 aromatic heterocycles. The van der Waals surface area contributed by atoms with Gasteiger partial charge in [-0.1, -0.05) is 36.4 Å². The molecule has 0 radical (unpaired) electrons. The Bertz CT molecular complexity index is 954. The molecule has 0 saturated carbocycles. The third-order valence-electron chi connectivity index (χ3n) is 5.37. The number of aliphatic imine (C=N–C) groups is 1. The number of ether oxygens (including phenoxy) is 1. The summed E-state index contributed by atoms with van der Waals surface area (Å²) in [7, 11) is 0. The SMILES string of the molecule is CCNC(=NCCc1nnc2ccccn12)N1CCC(COCc2ccccc2)C1. The lowest BCUT2D eigenvalue weighted by Crippen LogP contribution is -2.40. The molecule has 158 valence electrons. The van der Waals surface area contributed by atoms with E-state index in [0.29, 0.717) is 19.1 Å². The molecule has 0 bridgehead atoms. The summed E-state index contributed by atoms with van der Waals surface area (Å²) in [6, 6.07) is 16.3. The van der Waals surface area contributed by atoms with Gasteiger partial charge >= 0.3 is 0 Å². The zero-order valence-corrected chi connectivity index (χ0v) is 17.6. The lowest BCUT2D eigenvalue weighted by Gasteiger charge is -2.21. The topological polar surface area (TPSA) is 67.0 Å². The fourth-order valence-corrected chi connectivity index (χ4v) is 3.83. The quantitative estimate of drug-likeness (QED) is 0.460. The number of hydrogen-bond donors (Lipinski definition) is 1. The number of nitrogens with zero attached hydrogens (tertiary/aromatic N) is 5. The Morgan fingerprint density at radius 3 is 2.90 bits per heavy atom. The second-order valence-corrected chi connectivity index (χ2v) is 7.63. The van der Waals surface area contributed by atoms with Crippen molar-refractivity contribution in [3.8, 4) is 0 Å². The highest BCUT2D eigenvalue weighted by Crippen LogP contribution is 2.17. The van der Waals surface area contributed by atoms with E-state index in [1.807, 2.05) is 34.9 Å². The Balaban J connectivity index is 1.28. The summed E-state index contributed by atoms with van der Waals surface area (Å²) < 4.78 is 7.98. The lowest BCUT2D eigenvalue weighted by molar-refractivity contribution is 0.0907. The summed E-state index contributed by atoms with van der Waals surface area (Å²) in [4.78, 5) is 7.20. The van der Waals surface area contributed by atoms with Crippen molar-refractivity contribution in [2.75, 3.05) is 32.8 Å². The summed E-state index contributed by atoms with van der Waals surface area (Å²) in [5, 5.41) is 12.0. The number of hydrogen-bond acceptors (Lipinski definition) is 4. The van der Waals surface area contributed by atoms with Gasteiger partial charge in [0, 0.05) is 44.7 Å². The Morgan fingerprint density at radius 2 is 2.03 bits per heavy atom. The summed E-state index contributed by atoms with van der Waals surface area (Å²) in [6.45, 7) is 7.11. The number of nitrogens with one attached hydrogen (secondary N) is 1. The van der Waals surface area contributed by atoms with Gasteiger partial charge < -0.3 is 15.0 Å². The monoisotopic (exact) mass is 406 g/mol. The smallest absolute Gasteiger partial charge is 0.193 e. The van der Waals surface area contributed by atoms with Gasteiger partial charge in [0.1, 0.15) is 5.82 Å². The fraction of sp³-hybridized carbons (Fsp3) is 0.435. The highest BCUT2D eigenvalue weighted by atomic mass is 16.5. The number of likely N-dealkylation sites (tertiary alicyclic amines) is 1. The molecule has 30 heavy (non-hydrogen) atoms. The molecule has 7 nitrogen and oxygen atoms in total. The normalized spacial score (nSPS) is 17.0. The summed E-state index contributed by atoms with van der Waals surface area (Å²) >= 11 is 0. The Morgan fingerprint density at radius 1 is 1.17 bits per heavy atom. The molecule has 1 aliphatic rings. The first-order valence-corrected chi connectivity index (χ1v) is 10.8. The predicted octanol–water partition coefficient (Wildman–Crippen LogP) is 2.78. The van der Waals surface area contributed by atoms with E-state index in [-0.39, 0.29) is 0 Å². The van der Waals surface area contributed by atoms with Crippen molar-refractivity contribution in [2.45, 2.75) is 26.4 Å². The minimum absolute atomic E-state index is 0.540. The molecular formula is C23H30N6O. The van der Waals surface area contributed by atoms with Crippen LogP contribution in [0.3, 0.4) is 0 Å². The van der Waals surface area contributed by atoms with Crippen molar-refractivity contribution in [3.63, 3.8) is 0 Å². The summed E-state index contributed by atoms with van der Waals surface area (Å²) in [5.41, 5.74) is 2.10. The van der Waals surface area contributed by atoms with Gasteiger partial charge in [-0.15, -0.1) is 10.2 Å². The van der Waals surface area contributed by atoms with E-state index in [1.165, 1.54) is 5.56 Å². The van der Waals surface area contributed by atoms with Crippen molar-refractivity contribution in [2.24, 2.45) is 10.9 Å². The van der Waals surface area contributed by atoms with Crippen LogP contribution in [0.25, 0.3) is 5.65 Å². The molecule has 7 heteroatoms.